The van der Waals surface area contributed by atoms with Gasteiger partial charge in [0.05, 0.1) is 12.2 Å². The topological polar surface area (TPSA) is 26.3 Å². The van der Waals surface area contributed by atoms with Gasteiger partial charge in [0.25, 0.3) is 0 Å². The van der Waals surface area contributed by atoms with Crippen molar-refractivity contribution in [2.75, 3.05) is 6.61 Å². The van der Waals surface area contributed by atoms with E-state index in [-0.39, 0.29) is 11.3 Å². The van der Waals surface area contributed by atoms with Crippen molar-refractivity contribution in [2.24, 2.45) is 5.92 Å². The molecular weight excluding hydrogens is 293 g/mol. The monoisotopic (exact) mass is 314 g/mol. The van der Waals surface area contributed by atoms with E-state index in [4.69, 9.17) is 4.74 Å². The average Bonchev–Trinajstić information content (AvgIpc) is 2.45. The van der Waals surface area contributed by atoms with Gasteiger partial charge in [-0.2, -0.15) is 13.2 Å². The lowest BCUT2D eigenvalue weighted by Crippen LogP contribution is -2.14. The van der Waals surface area contributed by atoms with Gasteiger partial charge in [-0.3, -0.25) is 4.79 Å². The van der Waals surface area contributed by atoms with Crippen LogP contribution in [0.4, 0.5) is 13.2 Å². The van der Waals surface area contributed by atoms with Gasteiger partial charge in [0, 0.05) is 5.56 Å². The molecule has 1 saturated carbocycles. The molecule has 122 valence electrons. The molecule has 0 radical (unpaired) electrons. The van der Waals surface area contributed by atoms with Gasteiger partial charge in [-0.25, -0.2) is 0 Å². The SMILES string of the molecule is O=Cc1cc(OCC2CCCCCCC2)cc(C(F)(F)F)c1. The number of carbonyl (C=O) groups excluding carboxylic acids is 1. The molecule has 0 aliphatic heterocycles. The molecule has 2 nitrogen and oxygen atoms in total. The van der Waals surface area contributed by atoms with Crippen LogP contribution in [-0.2, 0) is 6.18 Å². The van der Waals surface area contributed by atoms with Crippen LogP contribution >= 0.6 is 0 Å². The Morgan fingerprint density at radius 2 is 1.68 bits per heavy atom. The Bertz CT molecular complexity index is 489. The molecular formula is C17H21F3O2. The summed E-state index contributed by atoms with van der Waals surface area (Å²) in [6, 6.07) is 3.18. The van der Waals surface area contributed by atoms with Crippen LogP contribution in [0.15, 0.2) is 18.2 Å². The van der Waals surface area contributed by atoms with E-state index >= 15 is 0 Å². The second-order valence-corrected chi connectivity index (χ2v) is 5.93. The van der Waals surface area contributed by atoms with Crippen LogP contribution in [0.3, 0.4) is 0 Å². The molecule has 5 heteroatoms. The third-order valence-electron chi connectivity index (χ3n) is 4.10. The second kappa shape index (κ2) is 7.65. The maximum absolute atomic E-state index is 12.8. The number of alkyl halides is 3. The summed E-state index contributed by atoms with van der Waals surface area (Å²) in [4.78, 5) is 10.8. The van der Waals surface area contributed by atoms with Crippen molar-refractivity contribution in [1.29, 1.82) is 0 Å². The highest BCUT2D eigenvalue weighted by Crippen LogP contribution is 2.33. The van der Waals surface area contributed by atoms with Crippen LogP contribution in [0.5, 0.6) is 5.75 Å². The maximum atomic E-state index is 12.8. The van der Waals surface area contributed by atoms with Gasteiger partial charge in [0.1, 0.15) is 12.0 Å². The molecule has 0 spiro atoms. The Morgan fingerprint density at radius 3 is 2.27 bits per heavy atom. The number of rotatable bonds is 4. The largest absolute Gasteiger partial charge is 0.493 e. The predicted molar refractivity (Wildman–Crippen MR) is 78.1 cm³/mol. The number of aldehydes is 1. The van der Waals surface area contributed by atoms with E-state index < -0.39 is 11.7 Å². The van der Waals surface area contributed by atoms with Crippen LogP contribution in [0, 0.1) is 5.92 Å². The molecule has 0 saturated heterocycles. The summed E-state index contributed by atoms with van der Waals surface area (Å²) in [5.41, 5.74) is -0.854. The van der Waals surface area contributed by atoms with Gasteiger partial charge in [-0.05, 0) is 37.0 Å². The minimum absolute atomic E-state index is 0.0116. The zero-order chi connectivity index (χ0) is 16.0. The van der Waals surface area contributed by atoms with E-state index in [1.165, 1.54) is 25.3 Å². The first kappa shape index (κ1) is 16.8. The smallest absolute Gasteiger partial charge is 0.416 e. The highest BCUT2D eigenvalue weighted by molar-refractivity contribution is 5.76. The fraction of sp³-hybridized carbons (Fsp3) is 0.588. The Balaban J connectivity index is 2.03. The molecule has 1 aromatic rings. The Kier molecular flexibility index (Phi) is 5.86. The molecule has 0 bridgehead atoms. The first-order chi connectivity index (χ1) is 10.5. The number of halogens is 3. The molecule has 0 N–H and O–H groups in total. The van der Waals surface area contributed by atoms with Gasteiger partial charge in [-0.15, -0.1) is 0 Å². The van der Waals surface area contributed by atoms with Gasteiger partial charge in [0.2, 0.25) is 0 Å². The maximum Gasteiger partial charge on any atom is 0.416 e. The summed E-state index contributed by atoms with van der Waals surface area (Å²) in [5, 5.41) is 0. The van der Waals surface area contributed by atoms with Crippen LogP contribution in [0.2, 0.25) is 0 Å². The molecule has 1 aliphatic rings. The predicted octanol–water partition coefficient (Wildman–Crippen LogP) is 5.26. The molecule has 0 unspecified atom stereocenters. The fourth-order valence-electron chi connectivity index (χ4n) is 2.86. The molecule has 1 aliphatic carbocycles. The first-order valence-corrected chi connectivity index (χ1v) is 7.79. The normalized spacial score (nSPS) is 17.6. The third kappa shape index (κ3) is 5.04. The van der Waals surface area contributed by atoms with Crippen molar-refractivity contribution in [3.8, 4) is 5.75 Å². The highest BCUT2D eigenvalue weighted by atomic mass is 19.4. The number of ether oxygens (including phenoxy) is 1. The Morgan fingerprint density at radius 1 is 1.05 bits per heavy atom. The zero-order valence-electron chi connectivity index (χ0n) is 12.5. The van der Waals surface area contributed by atoms with Crippen molar-refractivity contribution in [3.63, 3.8) is 0 Å². The Hall–Kier alpha value is -1.52. The van der Waals surface area contributed by atoms with Gasteiger partial charge in [0.15, 0.2) is 0 Å². The first-order valence-electron chi connectivity index (χ1n) is 7.79. The van der Waals surface area contributed by atoms with E-state index in [2.05, 4.69) is 0 Å². The summed E-state index contributed by atoms with van der Waals surface area (Å²) in [7, 11) is 0. The molecule has 1 aromatic carbocycles. The lowest BCUT2D eigenvalue weighted by atomic mass is 9.92. The summed E-state index contributed by atoms with van der Waals surface area (Å²) < 4.78 is 44.0. The number of benzene rings is 1. The van der Waals surface area contributed by atoms with E-state index in [0.29, 0.717) is 18.8 Å². The lowest BCUT2D eigenvalue weighted by Gasteiger charge is -2.20. The highest BCUT2D eigenvalue weighted by Gasteiger charge is 2.31. The quantitative estimate of drug-likeness (QED) is 0.709. The minimum atomic E-state index is -4.47. The van der Waals surface area contributed by atoms with E-state index in [1.54, 1.807) is 0 Å². The third-order valence-corrected chi connectivity index (χ3v) is 4.10. The summed E-state index contributed by atoms with van der Waals surface area (Å²) in [6.07, 6.45) is 4.05. The lowest BCUT2D eigenvalue weighted by molar-refractivity contribution is -0.137. The van der Waals surface area contributed by atoms with Crippen LogP contribution in [0.1, 0.15) is 60.9 Å². The van der Waals surface area contributed by atoms with Gasteiger partial charge in [-0.1, -0.05) is 32.1 Å². The molecule has 2 rings (SSSR count). The number of hydrogen-bond acceptors (Lipinski definition) is 2. The zero-order valence-corrected chi connectivity index (χ0v) is 12.5. The van der Waals surface area contributed by atoms with Crippen molar-refractivity contribution in [3.05, 3.63) is 29.3 Å². The standard InChI is InChI=1S/C17H21F3O2/c18-17(19,20)15-8-14(11-21)9-16(10-15)22-12-13-6-4-2-1-3-5-7-13/h8-11,13H,1-7,12H2. The summed E-state index contributed by atoms with van der Waals surface area (Å²) >= 11 is 0. The molecule has 0 atom stereocenters. The summed E-state index contributed by atoms with van der Waals surface area (Å²) in [6.45, 7) is 0.416. The summed E-state index contributed by atoms with van der Waals surface area (Å²) in [5.74, 6) is 0.508. The van der Waals surface area contributed by atoms with Crippen molar-refractivity contribution in [1.82, 2.24) is 0 Å². The van der Waals surface area contributed by atoms with Crippen molar-refractivity contribution >= 4 is 6.29 Å². The Labute approximate surface area is 128 Å². The second-order valence-electron chi connectivity index (χ2n) is 5.93. The van der Waals surface area contributed by atoms with Crippen LogP contribution in [-0.4, -0.2) is 12.9 Å². The molecule has 0 heterocycles. The average molecular weight is 314 g/mol. The molecule has 22 heavy (non-hydrogen) atoms. The minimum Gasteiger partial charge on any atom is -0.493 e. The fourth-order valence-corrected chi connectivity index (χ4v) is 2.86. The molecule has 1 fully saturated rings. The van der Waals surface area contributed by atoms with E-state index in [1.807, 2.05) is 0 Å². The number of carbonyl (C=O) groups is 1. The van der Waals surface area contributed by atoms with Gasteiger partial charge < -0.3 is 4.74 Å². The molecule has 0 amide bonds. The van der Waals surface area contributed by atoms with Crippen LogP contribution < -0.4 is 4.74 Å². The van der Waals surface area contributed by atoms with Crippen molar-refractivity contribution < 1.29 is 22.7 Å². The van der Waals surface area contributed by atoms with Crippen molar-refractivity contribution in [2.45, 2.75) is 51.1 Å². The van der Waals surface area contributed by atoms with E-state index in [0.717, 1.165) is 37.8 Å². The molecule has 0 aromatic heterocycles. The number of hydrogen-bond donors (Lipinski definition) is 0. The van der Waals surface area contributed by atoms with Crippen LogP contribution in [0.25, 0.3) is 0 Å². The van der Waals surface area contributed by atoms with Gasteiger partial charge >= 0.3 is 6.18 Å². The van der Waals surface area contributed by atoms with E-state index in [9.17, 15) is 18.0 Å².